The average molecular weight is 294 g/mol. The topological polar surface area (TPSA) is 50.4 Å². The Hall–Kier alpha value is -1.62. The molecule has 1 aromatic rings. The van der Waals surface area contributed by atoms with E-state index in [4.69, 9.17) is 4.74 Å². The van der Waals surface area contributed by atoms with Crippen LogP contribution in [0.3, 0.4) is 0 Å². The fourth-order valence-corrected chi connectivity index (χ4v) is 2.42. The summed E-state index contributed by atoms with van der Waals surface area (Å²) in [4.78, 5) is 11.8. The van der Waals surface area contributed by atoms with Crippen molar-refractivity contribution in [2.75, 3.05) is 26.2 Å². The standard InChI is InChI=1S/C16H23FN2O2/c1-16(7-9-18-10-8-16)12-19-15(20)6-11-21-14-5-3-2-4-13(14)17/h2-5,18H,6-12H2,1H3,(H,19,20). The molecule has 0 saturated carbocycles. The highest BCUT2D eigenvalue weighted by atomic mass is 19.1. The summed E-state index contributed by atoms with van der Waals surface area (Å²) in [5, 5.41) is 6.27. The van der Waals surface area contributed by atoms with Gasteiger partial charge >= 0.3 is 0 Å². The van der Waals surface area contributed by atoms with Gasteiger partial charge in [-0.3, -0.25) is 4.79 Å². The number of para-hydroxylation sites is 1. The number of hydrogen-bond acceptors (Lipinski definition) is 3. The maximum atomic E-state index is 13.3. The van der Waals surface area contributed by atoms with Gasteiger partial charge in [0, 0.05) is 6.54 Å². The van der Waals surface area contributed by atoms with Gasteiger partial charge in [0.25, 0.3) is 0 Å². The first-order valence-electron chi connectivity index (χ1n) is 7.44. The normalized spacial score (nSPS) is 17.2. The first kappa shape index (κ1) is 15.8. The fourth-order valence-electron chi connectivity index (χ4n) is 2.42. The number of rotatable bonds is 6. The van der Waals surface area contributed by atoms with Gasteiger partial charge in [0.2, 0.25) is 5.91 Å². The van der Waals surface area contributed by atoms with Gasteiger partial charge in [-0.1, -0.05) is 19.1 Å². The molecule has 2 N–H and O–H groups in total. The molecule has 1 aliphatic heterocycles. The Morgan fingerprint density at radius 1 is 1.38 bits per heavy atom. The van der Waals surface area contributed by atoms with Crippen molar-refractivity contribution in [1.29, 1.82) is 0 Å². The Labute approximate surface area is 125 Å². The summed E-state index contributed by atoms with van der Waals surface area (Å²) >= 11 is 0. The largest absolute Gasteiger partial charge is 0.490 e. The predicted molar refractivity (Wildman–Crippen MR) is 79.7 cm³/mol. The van der Waals surface area contributed by atoms with Gasteiger partial charge in [-0.2, -0.15) is 0 Å². The molecule has 0 spiro atoms. The molecule has 5 heteroatoms. The minimum atomic E-state index is -0.403. The summed E-state index contributed by atoms with van der Waals surface area (Å²) in [7, 11) is 0. The Bertz CT molecular complexity index is 473. The summed E-state index contributed by atoms with van der Waals surface area (Å²) in [6.45, 7) is 5.08. The van der Waals surface area contributed by atoms with Gasteiger partial charge in [-0.25, -0.2) is 4.39 Å². The molecular weight excluding hydrogens is 271 g/mol. The van der Waals surface area contributed by atoms with E-state index in [1.807, 2.05) is 0 Å². The first-order chi connectivity index (χ1) is 10.1. The maximum absolute atomic E-state index is 13.3. The number of benzene rings is 1. The molecule has 1 aliphatic rings. The monoisotopic (exact) mass is 294 g/mol. The molecule has 1 saturated heterocycles. The van der Waals surface area contributed by atoms with Crippen LogP contribution in [0.15, 0.2) is 24.3 Å². The van der Waals surface area contributed by atoms with Crippen molar-refractivity contribution in [3.63, 3.8) is 0 Å². The summed E-state index contributed by atoms with van der Waals surface area (Å²) in [5.41, 5.74) is 0.174. The van der Waals surface area contributed by atoms with Crippen molar-refractivity contribution in [2.45, 2.75) is 26.2 Å². The maximum Gasteiger partial charge on any atom is 0.223 e. The zero-order valence-electron chi connectivity index (χ0n) is 12.5. The van der Waals surface area contributed by atoms with Crippen molar-refractivity contribution in [3.8, 4) is 5.75 Å². The van der Waals surface area contributed by atoms with Crippen LogP contribution in [0.2, 0.25) is 0 Å². The second kappa shape index (κ2) is 7.41. The van der Waals surface area contributed by atoms with Gasteiger partial charge in [0.1, 0.15) is 0 Å². The smallest absolute Gasteiger partial charge is 0.223 e. The lowest BCUT2D eigenvalue weighted by molar-refractivity contribution is -0.122. The summed E-state index contributed by atoms with van der Waals surface area (Å²) < 4.78 is 18.6. The Balaban J connectivity index is 1.67. The lowest BCUT2D eigenvalue weighted by Gasteiger charge is -2.34. The van der Waals surface area contributed by atoms with Gasteiger partial charge in [0.05, 0.1) is 13.0 Å². The van der Waals surface area contributed by atoms with Crippen LogP contribution in [0.5, 0.6) is 5.75 Å². The molecular formula is C16H23FN2O2. The third-order valence-corrected chi connectivity index (χ3v) is 3.95. The highest BCUT2D eigenvalue weighted by Crippen LogP contribution is 2.26. The first-order valence-corrected chi connectivity index (χ1v) is 7.44. The molecule has 1 fully saturated rings. The minimum Gasteiger partial charge on any atom is -0.490 e. The summed E-state index contributed by atoms with van der Waals surface area (Å²) in [5.74, 6) is -0.262. The minimum absolute atomic E-state index is 0.0499. The van der Waals surface area contributed by atoms with Crippen molar-refractivity contribution < 1.29 is 13.9 Å². The lowest BCUT2D eigenvalue weighted by Crippen LogP contribution is -2.43. The van der Waals surface area contributed by atoms with E-state index in [1.54, 1.807) is 18.2 Å². The van der Waals surface area contributed by atoms with E-state index in [9.17, 15) is 9.18 Å². The number of ether oxygens (including phenoxy) is 1. The molecule has 0 bridgehead atoms. The van der Waals surface area contributed by atoms with E-state index >= 15 is 0 Å². The average Bonchev–Trinajstić information content (AvgIpc) is 2.48. The van der Waals surface area contributed by atoms with Crippen molar-refractivity contribution in [1.82, 2.24) is 10.6 Å². The second-order valence-electron chi connectivity index (χ2n) is 5.87. The van der Waals surface area contributed by atoms with Crippen LogP contribution in [-0.4, -0.2) is 32.1 Å². The molecule has 21 heavy (non-hydrogen) atoms. The molecule has 0 aliphatic carbocycles. The van der Waals surface area contributed by atoms with Crippen LogP contribution in [-0.2, 0) is 4.79 Å². The van der Waals surface area contributed by atoms with E-state index < -0.39 is 5.82 Å². The van der Waals surface area contributed by atoms with Crippen LogP contribution in [0.4, 0.5) is 4.39 Å². The molecule has 1 amide bonds. The van der Waals surface area contributed by atoms with E-state index in [1.165, 1.54) is 6.07 Å². The number of carbonyl (C=O) groups excluding carboxylic acids is 1. The quantitative estimate of drug-likeness (QED) is 0.845. The highest BCUT2D eigenvalue weighted by molar-refractivity contribution is 5.76. The SMILES string of the molecule is CC1(CNC(=O)CCOc2ccccc2F)CCNCC1. The van der Waals surface area contributed by atoms with E-state index in [0.717, 1.165) is 25.9 Å². The van der Waals surface area contributed by atoms with Gasteiger partial charge in [-0.05, 0) is 43.5 Å². The van der Waals surface area contributed by atoms with Crippen LogP contribution in [0, 0.1) is 11.2 Å². The molecule has 116 valence electrons. The number of halogens is 1. The summed E-state index contributed by atoms with van der Waals surface area (Å²) in [6, 6.07) is 6.21. The van der Waals surface area contributed by atoms with Crippen LogP contribution in [0.1, 0.15) is 26.2 Å². The van der Waals surface area contributed by atoms with Crippen molar-refractivity contribution >= 4 is 5.91 Å². The fraction of sp³-hybridized carbons (Fsp3) is 0.562. The molecule has 1 heterocycles. The Morgan fingerprint density at radius 3 is 2.81 bits per heavy atom. The van der Waals surface area contributed by atoms with Crippen LogP contribution < -0.4 is 15.4 Å². The van der Waals surface area contributed by atoms with Gasteiger partial charge < -0.3 is 15.4 Å². The highest BCUT2D eigenvalue weighted by Gasteiger charge is 2.26. The number of carbonyl (C=O) groups is 1. The molecule has 1 aromatic carbocycles. The predicted octanol–water partition coefficient (Wildman–Crippen LogP) is 2.10. The lowest BCUT2D eigenvalue weighted by atomic mass is 9.81. The van der Waals surface area contributed by atoms with Crippen molar-refractivity contribution in [3.05, 3.63) is 30.1 Å². The van der Waals surface area contributed by atoms with Crippen LogP contribution in [0.25, 0.3) is 0 Å². The Kier molecular flexibility index (Phi) is 5.56. The van der Waals surface area contributed by atoms with Gasteiger partial charge in [0.15, 0.2) is 11.6 Å². The van der Waals surface area contributed by atoms with E-state index in [-0.39, 0.29) is 30.1 Å². The van der Waals surface area contributed by atoms with Crippen molar-refractivity contribution in [2.24, 2.45) is 5.41 Å². The van der Waals surface area contributed by atoms with Crippen LogP contribution >= 0.6 is 0 Å². The van der Waals surface area contributed by atoms with E-state index in [0.29, 0.717) is 6.54 Å². The zero-order valence-corrected chi connectivity index (χ0v) is 12.5. The Morgan fingerprint density at radius 2 is 2.10 bits per heavy atom. The molecule has 4 nitrogen and oxygen atoms in total. The molecule has 2 rings (SSSR count). The molecule has 0 radical (unpaired) electrons. The number of amides is 1. The van der Waals surface area contributed by atoms with E-state index in [2.05, 4.69) is 17.6 Å². The number of hydrogen-bond donors (Lipinski definition) is 2. The zero-order chi connectivity index (χ0) is 15.1. The summed E-state index contributed by atoms with van der Waals surface area (Å²) in [6.07, 6.45) is 2.38. The van der Waals surface area contributed by atoms with Gasteiger partial charge in [-0.15, -0.1) is 0 Å². The second-order valence-corrected chi connectivity index (χ2v) is 5.87. The molecule has 0 atom stereocenters. The molecule has 0 unspecified atom stereocenters. The molecule has 0 aromatic heterocycles. The number of piperidine rings is 1. The third kappa shape index (κ3) is 5.01. The number of nitrogens with one attached hydrogen (secondary N) is 2. The third-order valence-electron chi connectivity index (χ3n) is 3.95.